The summed E-state index contributed by atoms with van der Waals surface area (Å²) in [5.74, 6) is 0. The van der Waals surface area contributed by atoms with Crippen LogP contribution in [0.15, 0.2) is 0 Å². The molecule has 0 aromatic carbocycles. The Morgan fingerprint density at radius 2 is 0.174 bits per heavy atom. The molecule has 0 saturated heterocycles. The van der Waals surface area contributed by atoms with Crippen LogP contribution in [0.5, 0.6) is 0 Å². The first-order chi connectivity index (χ1) is 16.0. The molecule has 0 bridgehead atoms. The van der Waals surface area contributed by atoms with Crippen LogP contribution in [0.1, 0.15) is 0 Å². The minimum atomic E-state index is -5.39. The van der Waals surface area contributed by atoms with Crippen LogP contribution in [0.3, 0.4) is 0 Å². The maximum Gasteiger partial charge on any atom is 5.00 e. The van der Waals surface area contributed by atoms with Crippen LogP contribution < -0.4 is 117 Å². The Balaban J connectivity index is -0.0000000208. The van der Waals surface area contributed by atoms with Crippen molar-refractivity contribution in [2.45, 2.75) is 0 Å². The molecule has 46 heavy (non-hydrogen) atoms. The Labute approximate surface area is 358 Å². The van der Waals surface area contributed by atoms with E-state index in [4.69, 9.17) is 154 Å². The first-order valence-corrected chi connectivity index (χ1v) is 17.5. The van der Waals surface area contributed by atoms with E-state index < -0.39 is 62.6 Å². The topological polar surface area (TPSA) is 690 Å². The van der Waals surface area contributed by atoms with E-state index >= 15 is 0 Å². The molecule has 0 saturated carbocycles. The van der Waals surface area contributed by atoms with Crippen molar-refractivity contribution in [2.75, 3.05) is 0 Å². The zero-order valence-electron chi connectivity index (χ0n) is 19.3. The standard InChI is InChI=1S/3Bi.3Nb.8H3O4P/c;;;;;;8*1-5(2,3)4/h;;;;;;8*(H3,1,2,3,4)/q3*+3;3*+5;;;;;;;;/p-24. The summed E-state index contributed by atoms with van der Waals surface area (Å²) in [5, 5.41) is 0. The van der Waals surface area contributed by atoms with Gasteiger partial charge in [0, 0.05) is 0 Å². The van der Waals surface area contributed by atoms with Gasteiger partial charge >= 0.3 is 146 Å². The van der Waals surface area contributed by atoms with Crippen molar-refractivity contribution in [3.05, 3.63) is 0 Å². The van der Waals surface area contributed by atoms with Gasteiger partial charge in [0.05, 0.1) is 0 Å². The maximum absolute atomic E-state index is 8.55. The summed E-state index contributed by atoms with van der Waals surface area (Å²) in [6, 6.07) is 0. The number of rotatable bonds is 0. The predicted octanol–water partition coefficient (Wildman–Crippen LogP) is -23.7. The molecule has 262 valence electrons. The molecule has 0 rings (SSSR count). The first-order valence-electron chi connectivity index (χ1n) is 5.84. The molecule has 0 N–H and O–H groups in total. The van der Waals surface area contributed by atoms with E-state index in [0.717, 1.165) is 0 Å². The average molecular weight is 1670 g/mol. The van der Waals surface area contributed by atoms with E-state index in [0.29, 0.717) is 0 Å². The Hall–Kier alpha value is 5.75. The second-order valence-electron chi connectivity index (χ2n) is 3.58. The molecule has 32 nitrogen and oxygen atoms in total. The SMILES string of the molecule is O=P([O-])([O-])[O-].O=P([O-])([O-])[O-].O=P([O-])([O-])[O-].O=P([O-])([O-])[O-].O=P([O-])([O-])[O-].O=P([O-])([O-])[O-].O=P([O-])([O-])[O-].O=P([O-])([O-])[O-].[Bi+3].[Bi+3].[Bi+3].[Nb+5].[Nb+5].[Nb+5]. The third-order valence-electron chi connectivity index (χ3n) is 0. The van der Waals surface area contributed by atoms with Crippen molar-refractivity contribution in [2.24, 2.45) is 0 Å². The van der Waals surface area contributed by atoms with Gasteiger partial charge in [0.2, 0.25) is 0 Å². The van der Waals surface area contributed by atoms with E-state index in [-0.39, 0.29) is 146 Å². The van der Waals surface area contributed by atoms with Gasteiger partial charge in [-0.25, -0.2) is 0 Å². The van der Waals surface area contributed by atoms with Crippen LogP contribution in [0.2, 0.25) is 0 Å². The molecule has 6 radical (unpaired) electrons. The summed E-state index contributed by atoms with van der Waals surface area (Å²) in [7, 11) is -43.1. The molecule has 0 aromatic heterocycles. The van der Waals surface area contributed by atoms with E-state index in [1.165, 1.54) is 0 Å². The molecule has 0 aliphatic carbocycles. The summed E-state index contributed by atoms with van der Waals surface area (Å²) in [4.78, 5) is 205. The van der Waals surface area contributed by atoms with Crippen molar-refractivity contribution in [3.8, 4) is 0 Å². The molecule has 0 aliphatic rings. The maximum atomic E-state index is 8.55. The van der Waals surface area contributed by atoms with Crippen molar-refractivity contribution in [1.29, 1.82) is 0 Å². The minimum Gasteiger partial charge on any atom is -0.822 e. The Bertz CT molecular complexity index is 670. The molecule has 0 unspecified atom stereocenters. The largest absolute Gasteiger partial charge is 5.00 e. The van der Waals surface area contributed by atoms with E-state index in [9.17, 15) is 0 Å². The van der Waals surface area contributed by atoms with Crippen molar-refractivity contribution >= 4 is 141 Å². The molecule has 0 amide bonds. The van der Waals surface area contributed by atoms with Gasteiger partial charge in [0.15, 0.2) is 0 Å². The molecule has 0 aliphatic heterocycles. The second kappa shape index (κ2) is 43.5. The predicted molar refractivity (Wildman–Crippen MR) is 78.1 cm³/mol. The normalized spacial score (nSPS) is 10.3. The molecule has 0 aromatic rings. The Morgan fingerprint density at radius 1 is 0.174 bits per heavy atom. The van der Waals surface area contributed by atoms with Crippen LogP contribution in [-0.4, -0.2) is 78.6 Å². The number of hydrogen-bond donors (Lipinski definition) is 0. The van der Waals surface area contributed by atoms with Gasteiger partial charge in [-0.3, -0.25) is 0 Å². The van der Waals surface area contributed by atoms with E-state index in [1.54, 1.807) is 0 Å². The molecule has 0 heterocycles. The van der Waals surface area contributed by atoms with Gasteiger partial charge < -0.3 is 154 Å². The van der Waals surface area contributed by atoms with E-state index in [1.807, 2.05) is 0 Å². The average Bonchev–Trinajstić information content (AvgIpc) is 2.16. The zero-order chi connectivity index (χ0) is 36.0. The smallest absolute Gasteiger partial charge is 0.822 e. The minimum absolute atomic E-state index is 0. The Kier molecular flexibility index (Phi) is 88.4. The monoisotopic (exact) mass is 1670 g/mol. The summed E-state index contributed by atoms with van der Waals surface area (Å²) < 4.78 is 68.4. The van der Waals surface area contributed by atoms with Crippen molar-refractivity contribution in [1.82, 2.24) is 0 Å². The number of hydrogen-bond acceptors (Lipinski definition) is 32. The Morgan fingerprint density at radius 3 is 0.174 bits per heavy atom. The van der Waals surface area contributed by atoms with Crippen LogP contribution in [0.4, 0.5) is 0 Å². The molecule has 46 heteroatoms. The van der Waals surface area contributed by atoms with Gasteiger partial charge in [-0.15, -0.1) is 0 Å². The third-order valence-corrected chi connectivity index (χ3v) is 0. The van der Waals surface area contributed by atoms with Crippen LogP contribution in [0.25, 0.3) is 0 Å². The van der Waals surface area contributed by atoms with Crippen molar-refractivity contribution < 1.29 is 221 Å². The fourth-order valence-electron chi connectivity index (χ4n) is 0. The molecule has 0 atom stereocenters. The summed E-state index contributed by atoms with van der Waals surface area (Å²) in [5.41, 5.74) is 0. The van der Waals surface area contributed by atoms with Crippen LogP contribution in [-0.2, 0) is 104 Å². The molecular weight excluding hydrogens is 1670 g/mol. The van der Waals surface area contributed by atoms with Gasteiger partial charge in [0.25, 0.3) is 0 Å². The fraction of sp³-hybridized carbons (Fsp3) is 0. The fourth-order valence-corrected chi connectivity index (χ4v) is 0. The van der Waals surface area contributed by atoms with Crippen LogP contribution in [0, 0.1) is 0 Å². The zero-order valence-corrected chi connectivity index (χ0v) is 43.5. The molecular formula is Bi3Nb3O32P8. The summed E-state index contributed by atoms with van der Waals surface area (Å²) in [6.45, 7) is 0. The quantitative estimate of drug-likeness (QED) is 0.160. The van der Waals surface area contributed by atoms with Gasteiger partial charge in [-0.1, -0.05) is 0 Å². The summed E-state index contributed by atoms with van der Waals surface area (Å²) in [6.07, 6.45) is 0. The van der Waals surface area contributed by atoms with Gasteiger partial charge in [-0.05, 0) is 0 Å². The van der Waals surface area contributed by atoms with Gasteiger partial charge in [-0.2, -0.15) is 62.6 Å². The van der Waals surface area contributed by atoms with E-state index in [2.05, 4.69) is 0 Å². The first kappa shape index (κ1) is 93.5. The van der Waals surface area contributed by atoms with Crippen molar-refractivity contribution in [3.63, 3.8) is 0 Å². The number of phosphoric acid groups is 8. The van der Waals surface area contributed by atoms with Crippen LogP contribution >= 0.6 is 62.6 Å². The summed E-state index contributed by atoms with van der Waals surface area (Å²) >= 11 is 0. The molecule has 0 spiro atoms. The molecule has 0 fully saturated rings. The van der Waals surface area contributed by atoms with Gasteiger partial charge in [0.1, 0.15) is 0 Å². The third kappa shape index (κ3) is 3580. The second-order valence-corrected chi connectivity index (χ2v) is 10.7.